The zero-order valence-electron chi connectivity index (χ0n) is 22.0. The molecule has 4 rings (SSSR count). The first-order valence-corrected chi connectivity index (χ1v) is 13.2. The van der Waals surface area contributed by atoms with Gasteiger partial charge in [0.1, 0.15) is 0 Å². The Hall–Kier alpha value is -2.74. The van der Waals surface area contributed by atoms with Gasteiger partial charge < -0.3 is 4.90 Å². The van der Waals surface area contributed by atoms with Crippen LogP contribution in [0, 0.1) is 5.41 Å². The van der Waals surface area contributed by atoms with E-state index >= 15 is 0 Å². The van der Waals surface area contributed by atoms with Crippen LogP contribution in [0.2, 0.25) is 10.0 Å². The molecule has 1 fully saturated rings. The summed E-state index contributed by atoms with van der Waals surface area (Å²) in [5, 5.41) is 14.2. The van der Waals surface area contributed by atoms with Gasteiger partial charge in [-0.15, -0.1) is 5.10 Å². The van der Waals surface area contributed by atoms with Crippen LogP contribution in [0.3, 0.4) is 0 Å². The summed E-state index contributed by atoms with van der Waals surface area (Å²) in [6, 6.07) is 14.8. The topological polar surface area (TPSA) is 67.2 Å². The molecule has 1 aliphatic rings. The highest BCUT2D eigenvalue weighted by Gasteiger charge is 2.39. The third-order valence-corrected chi connectivity index (χ3v) is 7.55. The summed E-state index contributed by atoms with van der Waals surface area (Å²) in [5.41, 5.74) is 0.991. The summed E-state index contributed by atoms with van der Waals surface area (Å²) < 4.78 is 1.92. The molecule has 1 aromatic heterocycles. The number of allylic oxidation sites excluding steroid dienone is 1. The minimum atomic E-state index is -0.444. The second-order valence-electron chi connectivity index (χ2n) is 11.0. The van der Waals surface area contributed by atoms with E-state index in [4.69, 9.17) is 23.2 Å². The number of halogens is 2. The van der Waals surface area contributed by atoms with Crippen molar-refractivity contribution < 1.29 is 4.79 Å². The number of amides is 1. The number of hydrogen-bond donors (Lipinski definition) is 0. The maximum atomic E-state index is 12.9. The molecule has 196 valence electrons. The van der Waals surface area contributed by atoms with Crippen LogP contribution in [0.1, 0.15) is 62.4 Å². The zero-order chi connectivity index (χ0) is 26.8. The molecular weight excluding hydrogens is 507 g/mol. The number of benzene rings is 2. The Balaban J connectivity index is 1.55. The van der Waals surface area contributed by atoms with Gasteiger partial charge in [-0.2, -0.15) is 0 Å². The van der Waals surface area contributed by atoms with E-state index < -0.39 is 5.54 Å². The van der Waals surface area contributed by atoms with Gasteiger partial charge in [0.05, 0.1) is 11.6 Å². The van der Waals surface area contributed by atoms with E-state index in [2.05, 4.69) is 61.1 Å². The molecule has 1 aliphatic heterocycles. The summed E-state index contributed by atoms with van der Waals surface area (Å²) in [7, 11) is 0. The highest BCUT2D eigenvalue weighted by Crippen LogP contribution is 2.36. The van der Waals surface area contributed by atoms with E-state index in [9.17, 15) is 4.79 Å². The van der Waals surface area contributed by atoms with Crippen molar-refractivity contribution >= 4 is 35.2 Å². The standard InChI is InChI=1S/C28H34Cl2N6O/c1-27(2,3)24(14-12-20-11-13-22(29)19-23(20)30)36-26(31-32-33-36)28(4,5)35-17-15-34(16-18-35)25(37)21-9-7-6-8-10-21/h6-14,19,24H,15-18H2,1-5H3/b14-12-/t24-/m0/s1. The van der Waals surface area contributed by atoms with Crippen molar-refractivity contribution in [2.75, 3.05) is 26.2 Å². The van der Waals surface area contributed by atoms with Crippen LogP contribution in [0.25, 0.3) is 6.08 Å². The number of rotatable bonds is 6. The molecule has 1 atom stereocenters. The lowest BCUT2D eigenvalue weighted by Crippen LogP contribution is -2.55. The molecule has 1 saturated heterocycles. The second kappa shape index (κ2) is 10.9. The number of hydrogen-bond acceptors (Lipinski definition) is 5. The average molecular weight is 542 g/mol. The fourth-order valence-corrected chi connectivity index (χ4v) is 5.20. The van der Waals surface area contributed by atoms with E-state index in [0.29, 0.717) is 23.1 Å². The predicted octanol–water partition coefficient (Wildman–Crippen LogP) is 5.97. The molecule has 2 heterocycles. The number of nitrogens with zero attached hydrogens (tertiary/aromatic N) is 6. The van der Waals surface area contributed by atoms with E-state index in [1.54, 1.807) is 6.07 Å². The van der Waals surface area contributed by atoms with Gasteiger partial charge in [-0.25, -0.2) is 4.68 Å². The second-order valence-corrected chi connectivity index (χ2v) is 11.8. The highest BCUT2D eigenvalue weighted by atomic mass is 35.5. The van der Waals surface area contributed by atoms with Gasteiger partial charge in [0.2, 0.25) is 0 Å². The van der Waals surface area contributed by atoms with Crippen LogP contribution in [-0.2, 0) is 5.54 Å². The van der Waals surface area contributed by atoms with Crippen LogP contribution in [0.4, 0.5) is 0 Å². The molecule has 0 saturated carbocycles. The molecule has 3 aromatic rings. The van der Waals surface area contributed by atoms with E-state index in [1.807, 2.05) is 58.1 Å². The van der Waals surface area contributed by atoms with Crippen LogP contribution in [0.5, 0.6) is 0 Å². The van der Waals surface area contributed by atoms with Gasteiger partial charge in [-0.1, -0.05) is 80.4 Å². The Kier molecular flexibility index (Phi) is 8.07. The Morgan fingerprint density at radius 1 is 0.973 bits per heavy atom. The molecule has 0 aliphatic carbocycles. The maximum absolute atomic E-state index is 12.9. The predicted molar refractivity (Wildman–Crippen MR) is 149 cm³/mol. The molecular formula is C28H34Cl2N6O. The lowest BCUT2D eigenvalue weighted by Gasteiger charge is -2.43. The zero-order valence-corrected chi connectivity index (χ0v) is 23.5. The van der Waals surface area contributed by atoms with Crippen LogP contribution >= 0.6 is 23.2 Å². The fourth-order valence-electron chi connectivity index (χ4n) is 4.73. The van der Waals surface area contributed by atoms with Crippen molar-refractivity contribution in [3.05, 3.63) is 81.6 Å². The molecule has 7 nitrogen and oxygen atoms in total. The lowest BCUT2D eigenvalue weighted by atomic mass is 9.85. The van der Waals surface area contributed by atoms with Crippen molar-refractivity contribution in [1.29, 1.82) is 0 Å². The molecule has 0 unspecified atom stereocenters. The summed E-state index contributed by atoms with van der Waals surface area (Å²) in [6.45, 7) is 13.5. The van der Waals surface area contributed by atoms with Gasteiger partial charge in [-0.3, -0.25) is 9.69 Å². The number of carbonyl (C=O) groups excluding carboxylic acids is 1. The third kappa shape index (κ3) is 6.06. The summed E-state index contributed by atoms with van der Waals surface area (Å²) in [4.78, 5) is 17.2. The summed E-state index contributed by atoms with van der Waals surface area (Å²) in [6.07, 6.45) is 4.10. The summed E-state index contributed by atoms with van der Waals surface area (Å²) in [5.74, 6) is 0.851. The first-order valence-electron chi connectivity index (χ1n) is 12.5. The molecule has 1 amide bonds. The third-order valence-electron chi connectivity index (χ3n) is 6.99. The van der Waals surface area contributed by atoms with Gasteiger partial charge in [-0.05, 0) is 59.5 Å². The minimum absolute atomic E-state index is 0.0710. The molecule has 0 N–H and O–H groups in total. The van der Waals surface area contributed by atoms with E-state index in [0.717, 1.165) is 30.0 Å². The smallest absolute Gasteiger partial charge is 0.253 e. The lowest BCUT2D eigenvalue weighted by molar-refractivity contribution is 0.0334. The first kappa shape index (κ1) is 27.3. The molecule has 37 heavy (non-hydrogen) atoms. The van der Waals surface area contributed by atoms with Gasteiger partial charge in [0.25, 0.3) is 5.91 Å². The quantitative estimate of drug-likeness (QED) is 0.385. The van der Waals surface area contributed by atoms with Crippen molar-refractivity contribution in [2.45, 2.75) is 46.2 Å². The Morgan fingerprint density at radius 2 is 1.65 bits per heavy atom. The van der Waals surface area contributed by atoms with Crippen LogP contribution in [0.15, 0.2) is 54.6 Å². The Morgan fingerprint density at radius 3 is 2.27 bits per heavy atom. The van der Waals surface area contributed by atoms with Crippen molar-refractivity contribution in [3.63, 3.8) is 0 Å². The van der Waals surface area contributed by atoms with Crippen LogP contribution < -0.4 is 0 Å². The maximum Gasteiger partial charge on any atom is 0.253 e. The number of tetrazole rings is 1. The van der Waals surface area contributed by atoms with Crippen molar-refractivity contribution in [1.82, 2.24) is 30.0 Å². The first-order chi connectivity index (χ1) is 17.5. The van der Waals surface area contributed by atoms with Crippen LogP contribution in [-0.4, -0.2) is 62.1 Å². The van der Waals surface area contributed by atoms with Crippen molar-refractivity contribution in [2.24, 2.45) is 5.41 Å². The van der Waals surface area contributed by atoms with E-state index in [-0.39, 0.29) is 17.4 Å². The number of carbonyl (C=O) groups is 1. The average Bonchev–Trinajstić information content (AvgIpc) is 3.35. The normalized spacial score (nSPS) is 16.4. The Labute approximate surface area is 229 Å². The van der Waals surface area contributed by atoms with E-state index in [1.165, 1.54) is 0 Å². The highest BCUT2D eigenvalue weighted by molar-refractivity contribution is 6.35. The Bertz CT molecular complexity index is 1260. The summed E-state index contributed by atoms with van der Waals surface area (Å²) >= 11 is 12.5. The minimum Gasteiger partial charge on any atom is -0.336 e. The fraction of sp³-hybridized carbons (Fsp3) is 0.429. The van der Waals surface area contributed by atoms with Gasteiger partial charge in [0, 0.05) is 41.8 Å². The molecule has 9 heteroatoms. The SMILES string of the molecule is CC(C)(C)[C@H](/C=C\c1ccc(Cl)cc1Cl)n1nnnc1C(C)(C)N1CCN(C(=O)c2ccccc2)CC1. The number of piperazine rings is 1. The molecule has 0 radical (unpaired) electrons. The van der Waals surface area contributed by atoms with Gasteiger partial charge >= 0.3 is 0 Å². The molecule has 0 bridgehead atoms. The monoisotopic (exact) mass is 540 g/mol. The molecule has 0 spiro atoms. The largest absolute Gasteiger partial charge is 0.336 e. The molecule has 2 aromatic carbocycles. The van der Waals surface area contributed by atoms with Gasteiger partial charge in [0.15, 0.2) is 5.82 Å². The number of aromatic nitrogens is 4. The van der Waals surface area contributed by atoms with Crippen molar-refractivity contribution in [3.8, 4) is 0 Å².